The summed E-state index contributed by atoms with van der Waals surface area (Å²) in [5, 5.41) is 4.52. The summed E-state index contributed by atoms with van der Waals surface area (Å²) in [6, 6.07) is 15.8. The molecule has 0 spiro atoms. The Labute approximate surface area is 184 Å². The van der Waals surface area contributed by atoms with Gasteiger partial charge in [0.25, 0.3) is 5.56 Å². The molecule has 0 fully saturated rings. The molecule has 0 saturated carbocycles. The van der Waals surface area contributed by atoms with Crippen molar-refractivity contribution in [3.8, 4) is 34.5 Å². The molecule has 3 aromatic carbocycles. The van der Waals surface area contributed by atoms with Crippen molar-refractivity contribution in [2.45, 2.75) is 6.92 Å². The number of nitrogens with zero attached hydrogens (tertiary/aromatic N) is 1. The van der Waals surface area contributed by atoms with Crippen LogP contribution in [0.15, 0.2) is 71.7 Å². The zero-order chi connectivity index (χ0) is 22.7. The molecule has 160 valence electrons. The number of benzene rings is 3. The van der Waals surface area contributed by atoms with Gasteiger partial charge in [0.15, 0.2) is 11.6 Å². The molecule has 0 bridgehead atoms. The molecule has 0 atom stereocenters. The first kappa shape index (κ1) is 21.1. The lowest BCUT2D eigenvalue weighted by atomic mass is 9.99. The fourth-order valence-electron chi connectivity index (χ4n) is 3.48. The summed E-state index contributed by atoms with van der Waals surface area (Å²) >= 11 is 0. The van der Waals surface area contributed by atoms with Crippen LogP contribution in [0.5, 0.6) is 11.5 Å². The average molecular weight is 430 g/mol. The largest absolute Gasteiger partial charge is 0.454 e. The highest BCUT2D eigenvalue weighted by Gasteiger charge is 2.16. The first-order valence-electron chi connectivity index (χ1n) is 9.97. The molecular weight excluding hydrogens is 410 g/mol. The van der Waals surface area contributed by atoms with Crippen molar-refractivity contribution < 1.29 is 13.5 Å². The van der Waals surface area contributed by atoms with E-state index in [1.54, 1.807) is 44.4 Å². The van der Waals surface area contributed by atoms with Crippen molar-refractivity contribution in [2.75, 3.05) is 11.9 Å². The van der Waals surface area contributed by atoms with Gasteiger partial charge in [-0.05, 0) is 48.7 Å². The van der Waals surface area contributed by atoms with Gasteiger partial charge in [0.1, 0.15) is 11.6 Å². The number of hydrogen-bond acceptors (Lipinski definition) is 3. The molecule has 0 amide bonds. The minimum Gasteiger partial charge on any atom is -0.454 e. The molecule has 4 aromatic rings. The van der Waals surface area contributed by atoms with Crippen molar-refractivity contribution in [1.82, 2.24) is 4.57 Å². The summed E-state index contributed by atoms with van der Waals surface area (Å²) in [6.45, 7) is 2.22. The fraction of sp³-hybridized carbons (Fsp3) is 0.115. The summed E-state index contributed by atoms with van der Waals surface area (Å²) in [5.74, 6) is 4.56. The molecule has 6 heteroatoms. The Bertz CT molecular complexity index is 1430. The van der Waals surface area contributed by atoms with E-state index in [1.165, 1.54) is 10.6 Å². The van der Waals surface area contributed by atoms with Crippen LogP contribution in [-0.2, 0) is 7.05 Å². The number of aromatic nitrogens is 1. The van der Waals surface area contributed by atoms with Crippen LogP contribution < -0.4 is 15.6 Å². The first-order valence-corrected chi connectivity index (χ1v) is 9.97. The second-order valence-electron chi connectivity index (χ2n) is 7.17. The molecule has 0 aliphatic rings. The lowest BCUT2D eigenvalue weighted by molar-refractivity contribution is 0.439. The number of fused-ring (bicyclic) bond motifs is 1. The Morgan fingerprint density at radius 3 is 2.47 bits per heavy atom. The third-order valence-electron chi connectivity index (χ3n) is 5.03. The first-order chi connectivity index (χ1) is 15.5. The predicted octanol–water partition coefficient (Wildman–Crippen LogP) is 5.71. The number of hydrogen-bond donors (Lipinski definition) is 1. The lowest BCUT2D eigenvalue weighted by Crippen LogP contribution is -2.16. The topological polar surface area (TPSA) is 43.3 Å². The van der Waals surface area contributed by atoms with Gasteiger partial charge in [-0.2, -0.15) is 0 Å². The summed E-state index contributed by atoms with van der Waals surface area (Å²) < 4.78 is 35.0. The SMILES string of the molecule is CC#CCNc1ccc(Oc2ccc(F)cc2F)c(-c2cn(C)c(=O)c3ccccc23)c1. The third-order valence-corrected chi connectivity index (χ3v) is 5.03. The molecule has 0 aliphatic carbocycles. The normalized spacial score (nSPS) is 10.5. The molecule has 1 heterocycles. The number of nitrogens with one attached hydrogen (secondary N) is 1. The van der Waals surface area contributed by atoms with Crippen molar-refractivity contribution in [1.29, 1.82) is 0 Å². The minimum atomic E-state index is -0.804. The zero-order valence-electron chi connectivity index (χ0n) is 17.6. The number of pyridine rings is 1. The summed E-state index contributed by atoms with van der Waals surface area (Å²) in [7, 11) is 1.68. The lowest BCUT2D eigenvalue weighted by Gasteiger charge is -2.16. The Kier molecular flexibility index (Phi) is 5.91. The van der Waals surface area contributed by atoms with Gasteiger partial charge in [-0.1, -0.05) is 24.1 Å². The predicted molar refractivity (Wildman–Crippen MR) is 123 cm³/mol. The molecule has 0 saturated heterocycles. The van der Waals surface area contributed by atoms with Crippen LogP contribution in [0.25, 0.3) is 21.9 Å². The van der Waals surface area contributed by atoms with E-state index in [-0.39, 0.29) is 11.3 Å². The van der Waals surface area contributed by atoms with Gasteiger partial charge in [0.2, 0.25) is 0 Å². The maximum absolute atomic E-state index is 14.3. The van der Waals surface area contributed by atoms with E-state index in [4.69, 9.17) is 4.74 Å². The van der Waals surface area contributed by atoms with Crippen LogP contribution in [0.2, 0.25) is 0 Å². The van der Waals surface area contributed by atoms with Crippen LogP contribution >= 0.6 is 0 Å². The number of halogens is 2. The Balaban J connectivity index is 1.91. The van der Waals surface area contributed by atoms with Crippen LogP contribution in [0.4, 0.5) is 14.5 Å². The number of anilines is 1. The van der Waals surface area contributed by atoms with Gasteiger partial charge < -0.3 is 14.6 Å². The van der Waals surface area contributed by atoms with Crippen molar-refractivity contribution in [3.63, 3.8) is 0 Å². The van der Waals surface area contributed by atoms with Gasteiger partial charge >= 0.3 is 0 Å². The second kappa shape index (κ2) is 8.94. The fourth-order valence-corrected chi connectivity index (χ4v) is 3.48. The van der Waals surface area contributed by atoms with Crippen LogP contribution in [0, 0.1) is 23.5 Å². The molecular formula is C26H20F2N2O2. The highest BCUT2D eigenvalue weighted by Crippen LogP contribution is 2.38. The van der Waals surface area contributed by atoms with Crippen LogP contribution in [0.3, 0.4) is 0 Å². The smallest absolute Gasteiger partial charge is 0.258 e. The molecule has 1 N–H and O–H groups in total. The summed E-state index contributed by atoms with van der Waals surface area (Å²) in [6.07, 6.45) is 1.73. The molecule has 1 aromatic heterocycles. The van der Waals surface area contributed by atoms with Gasteiger partial charge in [-0.15, -0.1) is 5.92 Å². The third kappa shape index (κ3) is 4.19. The molecule has 4 nitrogen and oxygen atoms in total. The van der Waals surface area contributed by atoms with Gasteiger partial charge in [-0.25, -0.2) is 8.78 Å². The average Bonchev–Trinajstić information content (AvgIpc) is 2.79. The van der Waals surface area contributed by atoms with Crippen molar-refractivity contribution in [3.05, 3.63) is 88.8 Å². The Morgan fingerprint density at radius 1 is 0.969 bits per heavy atom. The monoisotopic (exact) mass is 430 g/mol. The van der Waals surface area contributed by atoms with Crippen LogP contribution in [0.1, 0.15) is 6.92 Å². The van der Waals surface area contributed by atoms with E-state index < -0.39 is 11.6 Å². The highest BCUT2D eigenvalue weighted by atomic mass is 19.1. The highest BCUT2D eigenvalue weighted by molar-refractivity contribution is 5.97. The van der Waals surface area contributed by atoms with E-state index in [0.717, 1.165) is 28.8 Å². The molecule has 0 aliphatic heterocycles. The number of aryl methyl sites for hydroxylation is 1. The van der Waals surface area contributed by atoms with Crippen molar-refractivity contribution >= 4 is 16.5 Å². The Hall–Kier alpha value is -4.11. The van der Waals surface area contributed by atoms with Gasteiger partial charge in [-0.3, -0.25) is 4.79 Å². The maximum atomic E-state index is 14.3. The number of ether oxygens (including phenoxy) is 1. The molecule has 32 heavy (non-hydrogen) atoms. The Morgan fingerprint density at radius 2 is 1.72 bits per heavy atom. The van der Waals surface area contributed by atoms with Gasteiger partial charge in [0, 0.05) is 41.5 Å². The minimum absolute atomic E-state index is 0.0978. The zero-order valence-corrected chi connectivity index (χ0v) is 17.6. The molecule has 4 rings (SSSR count). The quantitative estimate of drug-likeness (QED) is 0.413. The van der Waals surface area contributed by atoms with E-state index in [0.29, 0.717) is 23.2 Å². The van der Waals surface area contributed by atoms with E-state index in [1.807, 2.05) is 18.2 Å². The maximum Gasteiger partial charge on any atom is 0.258 e. The summed E-state index contributed by atoms with van der Waals surface area (Å²) in [4.78, 5) is 12.6. The van der Waals surface area contributed by atoms with Gasteiger partial charge in [0.05, 0.1) is 6.54 Å². The second-order valence-corrected chi connectivity index (χ2v) is 7.17. The van der Waals surface area contributed by atoms with Crippen molar-refractivity contribution in [2.24, 2.45) is 7.05 Å². The standard InChI is InChI=1S/C26H20F2N2O2/c1-3-4-13-29-18-10-12-24(32-25-11-9-17(27)14-23(25)28)21(15-18)22-16-30(2)26(31)20-8-6-5-7-19(20)22/h5-12,14-16,29H,13H2,1-2H3. The molecule has 0 radical (unpaired) electrons. The van der Waals surface area contributed by atoms with Crippen LogP contribution in [-0.4, -0.2) is 11.1 Å². The van der Waals surface area contributed by atoms with E-state index in [9.17, 15) is 13.6 Å². The van der Waals surface area contributed by atoms with E-state index in [2.05, 4.69) is 17.2 Å². The summed E-state index contributed by atoms with van der Waals surface area (Å²) in [5.41, 5.74) is 2.05. The molecule has 0 unspecified atom stereocenters. The van der Waals surface area contributed by atoms with E-state index >= 15 is 0 Å². The number of rotatable bonds is 5.